The van der Waals surface area contributed by atoms with Crippen molar-refractivity contribution in [2.75, 3.05) is 0 Å². The molecule has 0 saturated heterocycles. The third-order valence-electron chi connectivity index (χ3n) is 2.74. The lowest BCUT2D eigenvalue weighted by atomic mass is 10.1. The van der Waals surface area contributed by atoms with Crippen molar-refractivity contribution >= 4 is 17.2 Å². The highest BCUT2D eigenvalue weighted by Crippen LogP contribution is 2.27. The zero-order valence-electron chi connectivity index (χ0n) is 9.51. The molecule has 19 heavy (non-hydrogen) atoms. The predicted octanol–water partition coefficient (Wildman–Crippen LogP) is 3.06. The summed E-state index contributed by atoms with van der Waals surface area (Å²) in [5.74, 6) is -0.467. The third kappa shape index (κ3) is 1.92. The number of imidazole rings is 1. The van der Waals surface area contributed by atoms with Gasteiger partial charge in [0.25, 0.3) is 0 Å². The highest BCUT2D eigenvalue weighted by Gasteiger charge is 2.09. The summed E-state index contributed by atoms with van der Waals surface area (Å²) >= 11 is 5.96. The standard InChI is InChI=1S/C13H6ClFN4/c14-13-11(3-9(15)5-18-13)8-1-2-12-17-6-10(4-16)19(12)7-8/h1-3,5-7H. The largest absolute Gasteiger partial charge is 0.291 e. The molecule has 0 aliphatic carbocycles. The van der Waals surface area contributed by atoms with Crippen LogP contribution in [0.5, 0.6) is 0 Å². The normalized spacial score (nSPS) is 10.6. The van der Waals surface area contributed by atoms with E-state index >= 15 is 0 Å². The molecule has 4 nitrogen and oxygen atoms in total. The van der Waals surface area contributed by atoms with Crippen LogP contribution in [0.4, 0.5) is 4.39 Å². The van der Waals surface area contributed by atoms with Crippen LogP contribution < -0.4 is 0 Å². The minimum absolute atomic E-state index is 0.208. The molecule has 3 rings (SSSR count). The van der Waals surface area contributed by atoms with Gasteiger partial charge in [0, 0.05) is 17.3 Å². The topological polar surface area (TPSA) is 54.0 Å². The number of hydrogen-bond acceptors (Lipinski definition) is 3. The number of nitriles is 1. The van der Waals surface area contributed by atoms with E-state index < -0.39 is 5.82 Å². The number of pyridine rings is 2. The van der Waals surface area contributed by atoms with E-state index in [1.807, 2.05) is 6.07 Å². The summed E-state index contributed by atoms with van der Waals surface area (Å²) in [4.78, 5) is 7.85. The van der Waals surface area contributed by atoms with Crippen LogP contribution in [-0.2, 0) is 0 Å². The molecule has 92 valence electrons. The van der Waals surface area contributed by atoms with E-state index in [0.717, 1.165) is 6.20 Å². The molecule has 3 aromatic heterocycles. The van der Waals surface area contributed by atoms with Crippen LogP contribution in [0.3, 0.4) is 0 Å². The van der Waals surface area contributed by atoms with Crippen LogP contribution in [0, 0.1) is 17.1 Å². The van der Waals surface area contributed by atoms with Gasteiger partial charge >= 0.3 is 0 Å². The Labute approximate surface area is 112 Å². The van der Waals surface area contributed by atoms with Gasteiger partial charge < -0.3 is 0 Å². The minimum atomic E-state index is -0.467. The van der Waals surface area contributed by atoms with Gasteiger partial charge in [-0.05, 0) is 18.2 Å². The second-order valence-electron chi connectivity index (χ2n) is 3.89. The molecule has 0 amide bonds. The first-order valence-corrected chi connectivity index (χ1v) is 5.75. The van der Waals surface area contributed by atoms with Crippen LogP contribution in [0.1, 0.15) is 5.69 Å². The van der Waals surface area contributed by atoms with E-state index in [1.54, 1.807) is 22.7 Å². The number of nitrogens with zero attached hydrogens (tertiary/aromatic N) is 4. The number of fused-ring (bicyclic) bond motifs is 1. The zero-order chi connectivity index (χ0) is 13.4. The molecule has 0 aromatic carbocycles. The van der Waals surface area contributed by atoms with E-state index in [1.165, 1.54) is 12.3 Å². The molecule has 0 N–H and O–H groups in total. The monoisotopic (exact) mass is 272 g/mol. The van der Waals surface area contributed by atoms with Gasteiger partial charge in [-0.3, -0.25) is 4.40 Å². The summed E-state index contributed by atoms with van der Waals surface area (Å²) in [5.41, 5.74) is 2.18. The average molecular weight is 273 g/mol. The fourth-order valence-electron chi connectivity index (χ4n) is 1.85. The van der Waals surface area contributed by atoms with Gasteiger partial charge in [0.2, 0.25) is 0 Å². The molecule has 0 radical (unpaired) electrons. The SMILES string of the molecule is N#Cc1cnc2ccc(-c3cc(F)cnc3Cl)cn12. The summed E-state index contributed by atoms with van der Waals surface area (Å²) in [7, 11) is 0. The maximum Gasteiger partial charge on any atom is 0.144 e. The summed E-state index contributed by atoms with van der Waals surface area (Å²) < 4.78 is 14.9. The van der Waals surface area contributed by atoms with Gasteiger partial charge in [0.1, 0.15) is 28.4 Å². The second-order valence-corrected chi connectivity index (χ2v) is 4.25. The van der Waals surface area contributed by atoms with Crippen LogP contribution in [-0.4, -0.2) is 14.4 Å². The van der Waals surface area contributed by atoms with E-state index in [4.69, 9.17) is 16.9 Å². The van der Waals surface area contributed by atoms with Gasteiger partial charge in [-0.1, -0.05) is 11.6 Å². The molecule has 0 atom stereocenters. The molecule has 0 bridgehead atoms. The fourth-order valence-corrected chi connectivity index (χ4v) is 2.06. The Kier molecular flexibility index (Phi) is 2.65. The van der Waals surface area contributed by atoms with Gasteiger partial charge in [-0.15, -0.1) is 0 Å². The molecule has 0 fully saturated rings. The van der Waals surface area contributed by atoms with Crippen molar-refractivity contribution < 1.29 is 4.39 Å². The lowest BCUT2D eigenvalue weighted by molar-refractivity contribution is 0.622. The van der Waals surface area contributed by atoms with E-state index in [2.05, 4.69) is 9.97 Å². The Hall–Kier alpha value is -2.45. The Morgan fingerprint density at radius 2 is 2.11 bits per heavy atom. The molecule has 3 heterocycles. The van der Waals surface area contributed by atoms with Gasteiger partial charge in [-0.25, -0.2) is 14.4 Å². The van der Waals surface area contributed by atoms with Crippen molar-refractivity contribution in [3.63, 3.8) is 0 Å². The number of halogens is 2. The molecule has 3 aromatic rings. The Morgan fingerprint density at radius 1 is 1.26 bits per heavy atom. The Morgan fingerprint density at radius 3 is 2.89 bits per heavy atom. The number of aromatic nitrogens is 3. The van der Waals surface area contributed by atoms with E-state index in [-0.39, 0.29) is 5.15 Å². The molecule has 0 spiro atoms. The van der Waals surface area contributed by atoms with Crippen molar-refractivity contribution in [3.8, 4) is 17.2 Å². The van der Waals surface area contributed by atoms with Crippen molar-refractivity contribution in [2.45, 2.75) is 0 Å². The molecule has 0 aliphatic heterocycles. The van der Waals surface area contributed by atoms with Crippen LogP contribution >= 0.6 is 11.6 Å². The lowest BCUT2D eigenvalue weighted by Gasteiger charge is -2.05. The number of rotatable bonds is 1. The predicted molar refractivity (Wildman–Crippen MR) is 68.1 cm³/mol. The van der Waals surface area contributed by atoms with Crippen molar-refractivity contribution in [2.24, 2.45) is 0 Å². The Balaban J connectivity index is 2.25. The van der Waals surface area contributed by atoms with Gasteiger partial charge in [0.05, 0.1) is 12.4 Å². The highest BCUT2D eigenvalue weighted by atomic mass is 35.5. The molecule has 0 unspecified atom stereocenters. The van der Waals surface area contributed by atoms with Crippen LogP contribution in [0.25, 0.3) is 16.8 Å². The third-order valence-corrected chi connectivity index (χ3v) is 3.04. The number of hydrogen-bond donors (Lipinski definition) is 0. The summed E-state index contributed by atoms with van der Waals surface area (Å²) in [6, 6.07) is 6.83. The van der Waals surface area contributed by atoms with Gasteiger partial charge in [-0.2, -0.15) is 5.26 Å². The summed E-state index contributed by atoms with van der Waals surface area (Å²) in [6.45, 7) is 0. The molecular weight excluding hydrogens is 267 g/mol. The fraction of sp³-hybridized carbons (Fsp3) is 0. The first kappa shape index (κ1) is 11.6. The average Bonchev–Trinajstić information content (AvgIpc) is 2.83. The van der Waals surface area contributed by atoms with Crippen LogP contribution in [0.2, 0.25) is 5.15 Å². The van der Waals surface area contributed by atoms with Crippen LogP contribution in [0.15, 0.2) is 36.8 Å². The minimum Gasteiger partial charge on any atom is -0.291 e. The summed E-state index contributed by atoms with van der Waals surface area (Å²) in [6.07, 6.45) is 4.22. The van der Waals surface area contributed by atoms with E-state index in [0.29, 0.717) is 22.5 Å². The lowest BCUT2D eigenvalue weighted by Crippen LogP contribution is -1.92. The smallest absolute Gasteiger partial charge is 0.144 e. The zero-order valence-corrected chi connectivity index (χ0v) is 10.3. The van der Waals surface area contributed by atoms with E-state index in [9.17, 15) is 4.39 Å². The first-order chi connectivity index (χ1) is 9.19. The maximum absolute atomic E-state index is 13.2. The van der Waals surface area contributed by atoms with Crippen molar-refractivity contribution in [1.82, 2.24) is 14.4 Å². The molecule has 6 heteroatoms. The second kappa shape index (κ2) is 4.34. The summed E-state index contributed by atoms with van der Waals surface area (Å²) in [5, 5.41) is 9.18. The Bertz CT molecular complexity index is 819. The van der Waals surface area contributed by atoms with Crippen molar-refractivity contribution in [3.05, 3.63) is 53.5 Å². The van der Waals surface area contributed by atoms with Crippen molar-refractivity contribution in [1.29, 1.82) is 5.26 Å². The maximum atomic E-state index is 13.2. The molecular formula is C13H6ClFN4. The quantitative estimate of drug-likeness (QED) is 0.640. The van der Waals surface area contributed by atoms with Gasteiger partial charge in [0.15, 0.2) is 0 Å². The highest BCUT2D eigenvalue weighted by molar-refractivity contribution is 6.32. The molecule has 0 saturated carbocycles. The molecule has 0 aliphatic rings. The first-order valence-electron chi connectivity index (χ1n) is 5.37.